The molecule has 0 aromatic rings. The largest absolute Gasteiger partial charge is 0.483 e. The van der Waals surface area contributed by atoms with Crippen molar-refractivity contribution >= 4 is 18.9 Å². The third-order valence-corrected chi connectivity index (χ3v) is 4.55. The van der Waals surface area contributed by atoms with E-state index in [1.54, 1.807) is 0 Å². The molecule has 2 aliphatic heterocycles. The highest BCUT2D eigenvalue weighted by Crippen LogP contribution is 2.16. The van der Waals surface area contributed by atoms with Crippen LogP contribution < -0.4 is 0 Å². The lowest BCUT2D eigenvalue weighted by atomic mass is 9.99. The van der Waals surface area contributed by atoms with Crippen molar-refractivity contribution in [2.45, 2.75) is 19.8 Å². The lowest BCUT2D eigenvalue weighted by molar-refractivity contribution is -0.133. The van der Waals surface area contributed by atoms with Gasteiger partial charge in [0.1, 0.15) is 0 Å². The van der Waals surface area contributed by atoms with Crippen LogP contribution in [-0.2, 0) is 19.1 Å². The number of carbonyl (C=O) groups excluding carboxylic acids is 1. The van der Waals surface area contributed by atoms with Crippen LogP contribution in [0.1, 0.15) is 19.8 Å². The molecule has 2 heterocycles. The van der Waals surface area contributed by atoms with Gasteiger partial charge in [0, 0.05) is 25.6 Å². The molecule has 0 saturated carbocycles. The van der Waals surface area contributed by atoms with Crippen molar-refractivity contribution in [2.24, 2.45) is 11.8 Å². The van der Waals surface area contributed by atoms with Gasteiger partial charge in [-0.25, -0.2) is 0 Å². The van der Waals surface area contributed by atoms with Gasteiger partial charge in [-0.3, -0.25) is 19.3 Å². The van der Waals surface area contributed by atoms with E-state index in [-0.39, 0.29) is 18.9 Å². The zero-order valence-corrected chi connectivity index (χ0v) is 16.7. The molecule has 2 aliphatic rings. The minimum absolute atomic E-state index is 0.250. The number of hydrogen-bond donors (Lipinski definition) is 2. The summed E-state index contributed by atoms with van der Waals surface area (Å²) in [6.07, 6.45) is 2.44. The molecule has 0 aliphatic carbocycles. The third kappa shape index (κ3) is 12.3. The maximum atomic E-state index is 12.5. The first-order valence-corrected chi connectivity index (χ1v) is 9.26. The second-order valence-corrected chi connectivity index (χ2v) is 7.21. The molecule has 158 valence electrons. The lowest BCUT2D eigenvalue weighted by Crippen LogP contribution is -2.45. The van der Waals surface area contributed by atoms with Gasteiger partial charge in [-0.15, -0.1) is 0 Å². The number of rotatable bonds is 4. The summed E-state index contributed by atoms with van der Waals surface area (Å²) in [7, 11) is 4.15. The summed E-state index contributed by atoms with van der Waals surface area (Å²) < 4.78 is 5.66. The molecular weight excluding hydrogens is 354 g/mol. The van der Waals surface area contributed by atoms with Crippen LogP contribution >= 0.6 is 0 Å². The molecule has 0 radical (unpaired) electrons. The van der Waals surface area contributed by atoms with Crippen molar-refractivity contribution in [1.29, 1.82) is 0 Å². The number of likely N-dealkylation sites (tertiary alicyclic amines) is 1. The van der Waals surface area contributed by atoms with Crippen LogP contribution in [-0.4, -0.2) is 110 Å². The normalized spacial score (nSPS) is 21.2. The highest BCUT2D eigenvalue weighted by Gasteiger charge is 2.25. The number of hydrogen-bond acceptors (Lipinski definition) is 6. The van der Waals surface area contributed by atoms with E-state index in [1.807, 2.05) is 4.90 Å². The first-order valence-electron chi connectivity index (χ1n) is 9.26. The summed E-state index contributed by atoms with van der Waals surface area (Å²) in [5.74, 6) is 1.51. The van der Waals surface area contributed by atoms with Gasteiger partial charge < -0.3 is 24.7 Å². The Balaban J connectivity index is 0.000000997. The van der Waals surface area contributed by atoms with E-state index in [2.05, 4.69) is 30.8 Å². The summed E-state index contributed by atoms with van der Waals surface area (Å²) in [6.45, 7) is 8.52. The minimum atomic E-state index is -0.250. The van der Waals surface area contributed by atoms with E-state index in [9.17, 15) is 4.79 Å². The Labute approximate surface area is 161 Å². The Hall–Kier alpha value is -1.71. The molecule has 1 unspecified atom stereocenters. The predicted octanol–water partition coefficient (Wildman–Crippen LogP) is 0.157. The molecule has 27 heavy (non-hydrogen) atoms. The molecule has 9 nitrogen and oxygen atoms in total. The first-order chi connectivity index (χ1) is 12.9. The smallest absolute Gasteiger partial charge is 0.290 e. The fraction of sp³-hybridized carbons (Fsp3) is 0.833. The monoisotopic (exact) mass is 389 g/mol. The highest BCUT2D eigenvalue weighted by molar-refractivity contribution is 5.78. The van der Waals surface area contributed by atoms with E-state index < -0.39 is 0 Å². The maximum Gasteiger partial charge on any atom is 0.290 e. The van der Waals surface area contributed by atoms with Gasteiger partial charge in [0.15, 0.2) is 0 Å². The third-order valence-electron chi connectivity index (χ3n) is 4.55. The molecule has 2 N–H and O–H groups in total. The fourth-order valence-corrected chi connectivity index (χ4v) is 3.25. The Kier molecular flexibility index (Phi) is 14.4. The van der Waals surface area contributed by atoms with Crippen LogP contribution in [0.4, 0.5) is 0 Å². The van der Waals surface area contributed by atoms with Crippen LogP contribution in [0.2, 0.25) is 0 Å². The molecule has 0 spiro atoms. The van der Waals surface area contributed by atoms with Gasteiger partial charge in [-0.05, 0) is 45.9 Å². The van der Waals surface area contributed by atoms with Gasteiger partial charge >= 0.3 is 0 Å². The van der Waals surface area contributed by atoms with E-state index >= 15 is 0 Å². The van der Waals surface area contributed by atoms with Crippen LogP contribution in [0.3, 0.4) is 0 Å². The summed E-state index contributed by atoms with van der Waals surface area (Å²) in [4.78, 5) is 35.8. The second kappa shape index (κ2) is 15.4. The standard InChI is InChI=1S/C16H31N3O2.2CH2O2/c1-14-4-6-18(7-5-14)12-16(20)19-8-9-21-13-15(11-19)10-17(2)3;2*2-1-3/h14-15H,4-13H2,1-3H3;2*1H,(H,2,3). The fourth-order valence-electron chi connectivity index (χ4n) is 3.25. The van der Waals surface area contributed by atoms with Crippen LogP contribution in [0.5, 0.6) is 0 Å². The molecule has 9 heteroatoms. The van der Waals surface area contributed by atoms with Gasteiger partial charge in [-0.1, -0.05) is 6.92 Å². The topological polar surface area (TPSA) is 111 Å². The number of nitrogens with zero attached hydrogens (tertiary/aromatic N) is 3. The number of carboxylic acid groups (broad SMARTS) is 2. The summed E-state index contributed by atoms with van der Waals surface area (Å²) in [5.41, 5.74) is 0. The van der Waals surface area contributed by atoms with E-state index in [0.717, 1.165) is 45.2 Å². The maximum absolute atomic E-state index is 12.5. The molecule has 0 aromatic heterocycles. The minimum Gasteiger partial charge on any atom is -0.483 e. The van der Waals surface area contributed by atoms with Crippen molar-refractivity contribution in [3.63, 3.8) is 0 Å². The molecule has 2 saturated heterocycles. The lowest BCUT2D eigenvalue weighted by Gasteiger charge is -2.32. The molecule has 2 fully saturated rings. The van der Waals surface area contributed by atoms with Crippen molar-refractivity contribution in [2.75, 3.05) is 66.6 Å². The second-order valence-electron chi connectivity index (χ2n) is 7.21. The molecule has 1 atom stereocenters. The summed E-state index contributed by atoms with van der Waals surface area (Å²) in [6, 6.07) is 0. The van der Waals surface area contributed by atoms with E-state index in [0.29, 0.717) is 19.1 Å². The highest BCUT2D eigenvalue weighted by atomic mass is 16.5. The Morgan fingerprint density at radius 2 is 1.70 bits per heavy atom. The van der Waals surface area contributed by atoms with Crippen molar-refractivity contribution < 1.29 is 29.3 Å². The number of piperidine rings is 1. The molecular formula is C18H35N3O6. The van der Waals surface area contributed by atoms with Gasteiger partial charge in [0.2, 0.25) is 5.91 Å². The summed E-state index contributed by atoms with van der Waals surface area (Å²) in [5, 5.41) is 13.8. The Morgan fingerprint density at radius 1 is 1.15 bits per heavy atom. The van der Waals surface area contributed by atoms with E-state index in [4.69, 9.17) is 24.5 Å². The van der Waals surface area contributed by atoms with Crippen LogP contribution in [0.25, 0.3) is 0 Å². The van der Waals surface area contributed by atoms with E-state index in [1.165, 1.54) is 12.8 Å². The summed E-state index contributed by atoms with van der Waals surface area (Å²) >= 11 is 0. The van der Waals surface area contributed by atoms with Crippen LogP contribution in [0.15, 0.2) is 0 Å². The molecule has 0 bridgehead atoms. The van der Waals surface area contributed by atoms with Gasteiger partial charge in [0.05, 0.1) is 19.8 Å². The molecule has 2 rings (SSSR count). The zero-order chi connectivity index (χ0) is 20.7. The zero-order valence-electron chi connectivity index (χ0n) is 16.7. The number of carbonyl (C=O) groups is 3. The molecule has 1 amide bonds. The first kappa shape index (κ1) is 25.3. The quantitative estimate of drug-likeness (QED) is 0.654. The van der Waals surface area contributed by atoms with Crippen molar-refractivity contribution in [3.05, 3.63) is 0 Å². The molecule has 0 aromatic carbocycles. The van der Waals surface area contributed by atoms with Gasteiger partial charge in [-0.2, -0.15) is 0 Å². The van der Waals surface area contributed by atoms with Gasteiger partial charge in [0.25, 0.3) is 12.9 Å². The number of ether oxygens (including phenoxy) is 1. The Morgan fingerprint density at radius 3 is 2.22 bits per heavy atom. The Bertz CT molecular complexity index is 408. The average Bonchev–Trinajstić information content (AvgIpc) is 2.83. The predicted molar refractivity (Wildman–Crippen MR) is 102 cm³/mol. The average molecular weight is 389 g/mol. The van der Waals surface area contributed by atoms with Crippen LogP contribution in [0, 0.1) is 11.8 Å². The van der Waals surface area contributed by atoms with Crippen molar-refractivity contribution in [3.8, 4) is 0 Å². The number of amides is 1. The van der Waals surface area contributed by atoms with Crippen molar-refractivity contribution in [1.82, 2.24) is 14.7 Å². The SMILES string of the molecule is CC1CCN(CC(=O)N2CCOCC(CN(C)C)C2)CC1.O=CO.O=CO.